The van der Waals surface area contributed by atoms with Gasteiger partial charge in [0.25, 0.3) is 0 Å². The summed E-state index contributed by atoms with van der Waals surface area (Å²) in [7, 11) is 0. The van der Waals surface area contributed by atoms with Crippen LogP contribution in [0.2, 0.25) is 10.0 Å². The van der Waals surface area contributed by atoms with Crippen molar-refractivity contribution < 1.29 is 5.11 Å². The van der Waals surface area contributed by atoms with Crippen molar-refractivity contribution in [3.8, 4) is 5.75 Å². The van der Waals surface area contributed by atoms with E-state index in [2.05, 4.69) is 0 Å². The summed E-state index contributed by atoms with van der Waals surface area (Å²) < 4.78 is 0. The van der Waals surface area contributed by atoms with Crippen molar-refractivity contribution in [1.82, 2.24) is 0 Å². The minimum absolute atomic E-state index is 0. The Labute approximate surface area is 86.7 Å². The molecular formula is C7H8Cl3NO. The highest BCUT2D eigenvalue weighted by atomic mass is 35.5. The van der Waals surface area contributed by atoms with Crippen molar-refractivity contribution >= 4 is 35.6 Å². The zero-order valence-corrected chi connectivity index (χ0v) is 8.38. The third-order valence-electron chi connectivity index (χ3n) is 1.36. The Morgan fingerprint density at radius 3 is 2.33 bits per heavy atom. The van der Waals surface area contributed by atoms with Crippen molar-refractivity contribution in [1.29, 1.82) is 0 Å². The average molecular weight is 229 g/mol. The van der Waals surface area contributed by atoms with E-state index in [0.29, 0.717) is 11.6 Å². The Bertz CT molecular complexity index is 278. The molecule has 0 saturated carbocycles. The Morgan fingerprint density at radius 2 is 1.83 bits per heavy atom. The molecule has 5 heteroatoms. The molecule has 0 aliphatic heterocycles. The molecular weight excluding hydrogens is 220 g/mol. The van der Waals surface area contributed by atoms with E-state index in [1.807, 2.05) is 0 Å². The number of hydrogen-bond donors (Lipinski definition) is 2. The lowest BCUT2D eigenvalue weighted by molar-refractivity contribution is 0.475. The molecule has 12 heavy (non-hydrogen) atoms. The van der Waals surface area contributed by atoms with Crippen molar-refractivity contribution in [3.63, 3.8) is 0 Å². The summed E-state index contributed by atoms with van der Waals surface area (Å²) in [5.41, 5.74) is 6.08. The molecule has 1 rings (SSSR count). The second kappa shape index (κ2) is 4.77. The Morgan fingerprint density at radius 1 is 1.25 bits per heavy atom. The first-order chi connectivity index (χ1) is 5.16. The maximum Gasteiger partial charge on any atom is 0.135 e. The van der Waals surface area contributed by atoms with Gasteiger partial charge in [0, 0.05) is 6.54 Å². The summed E-state index contributed by atoms with van der Waals surface area (Å²) in [6.45, 7) is 0.318. The van der Waals surface area contributed by atoms with E-state index in [-0.39, 0.29) is 23.2 Å². The van der Waals surface area contributed by atoms with Crippen LogP contribution in [-0.2, 0) is 6.54 Å². The van der Waals surface area contributed by atoms with Gasteiger partial charge >= 0.3 is 0 Å². The lowest BCUT2D eigenvalue weighted by Gasteiger charge is -2.03. The first-order valence-electron chi connectivity index (χ1n) is 3.02. The van der Waals surface area contributed by atoms with Gasteiger partial charge in [0.05, 0.1) is 5.02 Å². The van der Waals surface area contributed by atoms with Crippen molar-refractivity contribution in [2.24, 2.45) is 5.73 Å². The maximum absolute atomic E-state index is 9.06. The molecule has 3 N–H and O–H groups in total. The van der Waals surface area contributed by atoms with Crippen LogP contribution >= 0.6 is 35.6 Å². The first-order valence-corrected chi connectivity index (χ1v) is 3.78. The second-order valence-corrected chi connectivity index (χ2v) is 2.83. The van der Waals surface area contributed by atoms with Gasteiger partial charge in [0.15, 0.2) is 0 Å². The SMILES string of the molecule is Cl.NCc1ccc(O)c(Cl)c1Cl. The number of phenols is 1. The maximum atomic E-state index is 9.06. The molecule has 0 unspecified atom stereocenters. The van der Waals surface area contributed by atoms with E-state index in [1.165, 1.54) is 6.07 Å². The number of aromatic hydroxyl groups is 1. The second-order valence-electron chi connectivity index (χ2n) is 2.08. The molecule has 0 saturated heterocycles. The van der Waals surface area contributed by atoms with E-state index in [1.54, 1.807) is 6.07 Å². The first kappa shape index (κ1) is 11.8. The largest absolute Gasteiger partial charge is 0.506 e. The monoisotopic (exact) mass is 227 g/mol. The van der Waals surface area contributed by atoms with Crippen LogP contribution < -0.4 is 5.73 Å². The molecule has 0 aliphatic rings. The number of benzene rings is 1. The van der Waals surface area contributed by atoms with Crippen LogP contribution in [0.15, 0.2) is 12.1 Å². The molecule has 0 radical (unpaired) electrons. The standard InChI is InChI=1S/C7H7Cl2NO.ClH/c8-6-4(3-10)1-2-5(11)7(6)9;/h1-2,11H,3,10H2;1H. The van der Waals surface area contributed by atoms with Crippen LogP contribution in [0.1, 0.15) is 5.56 Å². The van der Waals surface area contributed by atoms with E-state index in [4.69, 9.17) is 34.0 Å². The Kier molecular flexibility index (Phi) is 4.71. The summed E-state index contributed by atoms with van der Waals surface area (Å²) >= 11 is 11.4. The van der Waals surface area contributed by atoms with Crippen LogP contribution in [0.4, 0.5) is 0 Å². The summed E-state index contributed by atoms with van der Waals surface area (Å²) in [6, 6.07) is 3.11. The van der Waals surface area contributed by atoms with Crippen LogP contribution in [0, 0.1) is 0 Å². The van der Waals surface area contributed by atoms with Gasteiger partial charge in [-0.2, -0.15) is 0 Å². The normalized spacial score (nSPS) is 9.25. The molecule has 0 aliphatic carbocycles. The number of nitrogens with two attached hydrogens (primary N) is 1. The lowest BCUT2D eigenvalue weighted by Crippen LogP contribution is -1.96. The number of rotatable bonds is 1. The summed E-state index contributed by atoms with van der Waals surface area (Å²) in [4.78, 5) is 0. The average Bonchev–Trinajstić information content (AvgIpc) is 2.01. The molecule has 0 heterocycles. The highest BCUT2D eigenvalue weighted by molar-refractivity contribution is 6.43. The van der Waals surface area contributed by atoms with Crippen molar-refractivity contribution in [2.75, 3.05) is 0 Å². The lowest BCUT2D eigenvalue weighted by atomic mass is 10.2. The van der Waals surface area contributed by atoms with Gasteiger partial charge < -0.3 is 10.8 Å². The van der Waals surface area contributed by atoms with Gasteiger partial charge in [-0.15, -0.1) is 12.4 Å². The van der Waals surface area contributed by atoms with Gasteiger partial charge in [-0.1, -0.05) is 29.3 Å². The zero-order chi connectivity index (χ0) is 8.43. The van der Waals surface area contributed by atoms with Crippen LogP contribution in [-0.4, -0.2) is 5.11 Å². The topological polar surface area (TPSA) is 46.2 Å². The van der Waals surface area contributed by atoms with E-state index < -0.39 is 0 Å². The molecule has 0 aromatic heterocycles. The highest BCUT2D eigenvalue weighted by Crippen LogP contribution is 2.33. The third-order valence-corrected chi connectivity index (χ3v) is 2.27. The third kappa shape index (κ3) is 2.17. The Hall–Kier alpha value is -0.150. The molecule has 0 fully saturated rings. The van der Waals surface area contributed by atoms with Gasteiger partial charge in [-0.25, -0.2) is 0 Å². The van der Waals surface area contributed by atoms with Crippen molar-refractivity contribution in [3.05, 3.63) is 27.7 Å². The highest BCUT2D eigenvalue weighted by Gasteiger charge is 2.06. The summed E-state index contributed by atoms with van der Waals surface area (Å²) in [6.07, 6.45) is 0. The number of hydrogen-bond acceptors (Lipinski definition) is 2. The molecule has 68 valence electrons. The minimum Gasteiger partial charge on any atom is -0.506 e. The molecule has 0 amide bonds. The fourth-order valence-corrected chi connectivity index (χ4v) is 1.16. The fourth-order valence-electron chi connectivity index (χ4n) is 0.737. The van der Waals surface area contributed by atoms with Gasteiger partial charge in [-0.3, -0.25) is 0 Å². The number of halogens is 3. The van der Waals surface area contributed by atoms with Gasteiger partial charge in [-0.05, 0) is 11.6 Å². The quantitative estimate of drug-likeness (QED) is 0.776. The van der Waals surface area contributed by atoms with Crippen LogP contribution in [0.5, 0.6) is 5.75 Å². The molecule has 0 atom stereocenters. The van der Waals surface area contributed by atoms with E-state index in [9.17, 15) is 0 Å². The molecule has 0 bridgehead atoms. The summed E-state index contributed by atoms with van der Waals surface area (Å²) in [5, 5.41) is 9.55. The smallest absolute Gasteiger partial charge is 0.135 e. The predicted octanol–water partition coefficient (Wildman–Crippen LogP) is 2.58. The van der Waals surface area contributed by atoms with Gasteiger partial charge in [0.1, 0.15) is 10.8 Å². The molecule has 1 aromatic carbocycles. The fraction of sp³-hybridized carbons (Fsp3) is 0.143. The minimum atomic E-state index is -0.0196. The van der Waals surface area contributed by atoms with Crippen LogP contribution in [0.3, 0.4) is 0 Å². The molecule has 1 aromatic rings. The molecule has 2 nitrogen and oxygen atoms in total. The predicted molar refractivity (Wildman–Crippen MR) is 53.3 cm³/mol. The zero-order valence-electron chi connectivity index (χ0n) is 6.05. The van der Waals surface area contributed by atoms with E-state index in [0.717, 1.165) is 5.56 Å². The van der Waals surface area contributed by atoms with Crippen molar-refractivity contribution in [2.45, 2.75) is 6.54 Å². The number of phenolic OH excluding ortho intramolecular Hbond substituents is 1. The van der Waals surface area contributed by atoms with E-state index >= 15 is 0 Å². The molecule has 0 spiro atoms. The van der Waals surface area contributed by atoms with Crippen LogP contribution in [0.25, 0.3) is 0 Å². The Balaban J connectivity index is 0.00000121. The summed E-state index contributed by atoms with van der Waals surface area (Å²) in [5.74, 6) is -0.0196. The van der Waals surface area contributed by atoms with Gasteiger partial charge in [0.2, 0.25) is 0 Å².